The maximum atomic E-state index is 4.43. The molecule has 1 N–H and O–H groups in total. The average Bonchev–Trinajstić information content (AvgIpc) is 2.95. The molecule has 5 heteroatoms. The van der Waals surface area contributed by atoms with Crippen molar-refractivity contribution in [2.75, 3.05) is 13.1 Å². The second-order valence-electron chi connectivity index (χ2n) is 4.27. The lowest BCUT2D eigenvalue weighted by atomic mass is 10.3. The molecule has 0 radical (unpaired) electrons. The number of imidazole rings is 1. The van der Waals surface area contributed by atoms with Gasteiger partial charge in [0.1, 0.15) is 0 Å². The molecule has 0 bridgehead atoms. The molecule has 0 aromatic carbocycles. The highest BCUT2D eigenvalue weighted by atomic mass is 79.9. The molecule has 0 fully saturated rings. The van der Waals surface area contributed by atoms with E-state index < -0.39 is 0 Å². The van der Waals surface area contributed by atoms with Gasteiger partial charge in [0.15, 0.2) is 0 Å². The molecule has 2 heterocycles. The minimum Gasteiger partial charge on any atom is -0.332 e. The molecule has 0 saturated carbocycles. The summed E-state index contributed by atoms with van der Waals surface area (Å²) in [5.74, 6) is 0. The molecule has 2 aromatic heterocycles. The number of hydrogen-bond acceptors (Lipinski definition) is 3. The highest BCUT2D eigenvalue weighted by Gasteiger charge is 2.01. The zero-order valence-electron chi connectivity index (χ0n) is 10.5. The molecular formula is C13H18BrN3S. The van der Waals surface area contributed by atoms with Crippen molar-refractivity contribution in [3.05, 3.63) is 39.0 Å². The Morgan fingerprint density at radius 2 is 2.33 bits per heavy atom. The van der Waals surface area contributed by atoms with Crippen molar-refractivity contribution < 1.29 is 0 Å². The third-order valence-corrected chi connectivity index (χ3v) is 4.31. The largest absolute Gasteiger partial charge is 0.332 e. The quantitative estimate of drug-likeness (QED) is 0.791. The van der Waals surface area contributed by atoms with E-state index in [1.54, 1.807) is 11.3 Å². The zero-order chi connectivity index (χ0) is 12.8. The van der Waals surface area contributed by atoms with E-state index in [1.165, 1.54) is 11.3 Å². The van der Waals surface area contributed by atoms with Gasteiger partial charge in [0, 0.05) is 33.9 Å². The van der Waals surface area contributed by atoms with Gasteiger partial charge in [-0.2, -0.15) is 0 Å². The molecule has 18 heavy (non-hydrogen) atoms. The second-order valence-corrected chi connectivity index (χ2v) is 6.18. The molecule has 0 spiro atoms. The molecule has 0 atom stereocenters. The first-order valence-corrected chi connectivity index (χ1v) is 7.89. The van der Waals surface area contributed by atoms with Crippen molar-refractivity contribution in [1.82, 2.24) is 14.9 Å². The fourth-order valence-electron chi connectivity index (χ4n) is 1.76. The Morgan fingerprint density at radius 3 is 3.06 bits per heavy atom. The maximum Gasteiger partial charge on any atom is 0.0952 e. The van der Waals surface area contributed by atoms with Crippen molar-refractivity contribution in [1.29, 1.82) is 0 Å². The molecule has 0 saturated heterocycles. The molecule has 0 aliphatic heterocycles. The van der Waals surface area contributed by atoms with Crippen LogP contribution in [0.4, 0.5) is 0 Å². The summed E-state index contributed by atoms with van der Waals surface area (Å²) in [4.78, 5) is 5.78. The molecule has 0 aliphatic carbocycles. The number of nitrogens with zero attached hydrogens (tertiary/aromatic N) is 2. The normalized spacial score (nSPS) is 11.0. The van der Waals surface area contributed by atoms with Gasteiger partial charge < -0.3 is 9.88 Å². The predicted octanol–water partition coefficient (Wildman–Crippen LogP) is 3.30. The zero-order valence-corrected chi connectivity index (χ0v) is 12.9. The summed E-state index contributed by atoms with van der Waals surface area (Å²) in [6.45, 7) is 5.19. The lowest BCUT2D eigenvalue weighted by molar-refractivity contribution is 0.666. The predicted molar refractivity (Wildman–Crippen MR) is 80.2 cm³/mol. The highest BCUT2D eigenvalue weighted by Crippen LogP contribution is 2.20. The van der Waals surface area contributed by atoms with Crippen LogP contribution < -0.4 is 5.32 Å². The SMILES string of the molecule is CCCNCCc1cn(Cc2cc(Br)cs2)cn1. The van der Waals surface area contributed by atoms with E-state index >= 15 is 0 Å². The number of nitrogens with one attached hydrogen (secondary N) is 1. The Balaban J connectivity index is 1.82. The van der Waals surface area contributed by atoms with Gasteiger partial charge in [-0.25, -0.2) is 4.98 Å². The standard InChI is InChI=1S/C13H18BrN3S/c1-2-4-15-5-3-12-7-17(10-16-12)8-13-6-11(14)9-18-13/h6-7,9-10,15H,2-5,8H2,1H3. The first-order chi connectivity index (χ1) is 8.78. The Bertz CT molecular complexity index is 478. The fourth-order valence-corrected chi connectivity index (χ4v) is 3.22. The third-order valence-electron chi connectivity index (χ3n) is 2.63. The summed E-state index contributed by atoms with van der Waals surface area (Å²) < 4.78 is 3.31. The van der Waals surface area contributed by atoms with Crippen molar-refractivity contribution in [3.63, 3.8) is 0 Å². The molecule has 2 rings (SSSR count). The molecule has 3 nitrogen and oxygen atoms in total. The molecule has 0 amide bonds. The Kier molecular flexibility index (Phi) is 5.41. The van der Waals surface area contributed by atoms with Gasteiger partial charge in [-0.05, 0) is 35.0 Å². The van der Waals surface area contributed by atoms with Gasteiger partial charge >= 0.3 is 0 Å². The van der Waals surface area contributed by atoms with Crippen LogP contribution in [0.2, 0.25) is 0 Å². The summed E-state index contributed by atoms with van der Waals surface area (Å²) in [5.41, 5.74) is 1.16. The molecular weight excluding hydrogens is 310 g/mol. The molecule has 0 aliphatic rings. The van der Waals surface area contributed by atoms with Crippen molar-refractivity contribution in [2.24, 2.45) is 0 Å². The lowest BCUT2D eigenvalue weighted by Crippen LogP contribution is -2.17. The van der Waals surface area contributed by atoms with Crippen LogP contribution >= 0.6 is 27.3 Å². The van der Waals surface area contributed by atoms with Crippen LogP contribution in [0.3, 0.4) is 0 Å². The van der Waals surface area contributed by atoms with Gasteiger partial charge in [-0.3, -0.25) is 0 Å². The number of hydrogen-bond donors (Lipinski definition) is 1. The van der Waals surface area contributed by atoms with Gasteiger partial charge in [0.25, 0.3) is 0 Å². The summed E-state index contributed by atoms with van der Waals surface area (Å²) in [6.07, 6.45) is 6.24. The average molecular weight is 328 g/mol. The van der Waals surface area contributed by atoms with Crippen LogP contribution in [0.5, 0.6) is 0 Å². The summed E-state index contributed by atoms with van der Waals surface area (Å²) in [5, 5.41) is 5.51. The first-order valence-electron chi connectivity index (χ1n) is 6.22. The Labute approximate surface area is 120 Å². The van der Waals surface area contributed by atoms with E-state index in [0.717, 1.165) is 36.2 Å². The van der Waals surface area contributed by atoms with E-state index in [0.29, 0.717) is 0 Å². The monoisotopic (exact) mass is 327 g/mol. The number of thiophene rings is 1. The second kappa shape index (κ2) is 7.07. The highest BCUT2D eigenvalue weighted by molar-refractivity contribution is 9.10. The van der Waals surface area contributed by atoms with Crippen LogP contribution in [-0.4, -0.2) is 22.6 Å². The minimum atomic E-state index is 0.908. The lowest BCUT2D eigenvalue weighted by Gasteiger charge is -2.00. The van der Waals surface area contributed by atoms with E-state index in [-0.39, 0.29) is 0 Å². The maximum absolute atomic E-state index is 4.43. The van der Waals surface area contributed by atoms with Gasteiger partial charge in [-0.15, -0.1) is 11.3 Å². The number of rotatable bonds is 7. The van der Waals surface area contributed by atoms with Gasteiger partial charge in [0.05, 0.1) is 18.6 Å². The molecule has 98 valence electrons. The van der Waals surface area contributed by atoms with Crippen LogP contribution in [0.1, 0.15) is 23.9 Å². The van der Waals surface area contributed by atoms with Gasteiger partial charge in [0.2, 0.25) is 0 Å². The first kappa shape index (κ1) is 13.8. The van der Waals surface area contributed by atoms with Crippen LogP contribution in [0, 0.1) is 0 Å². The smallest absolute Gasteiger partial charge is 0.0952 e. The number of aromatic nitrogens is 2. The van der Waals surface area contributed by atoms with E-state index in [4.69, 9.17) is 0 Å². The van der Waals surface area contributed by atoms with E-state index in [2.05, 4.69) is 55.4 Å². The Morgan fingerprint density at radius 1 is 1.44 bits per heavy atom. The minimum absolute atomic E-state index is 0.908. The van der Waals surface area contributed by atoms with Crippen molar-refractivity contribution in [3.8, 4) is 0 Å². The molecule has 2 aromatic rings. The van der Waals surface area contributed by atoms with Gasteiger partial charge in [-0.1, -0.05) is 6.92 Å². The van der Waals surface area contributed by atoms with E-state index in [1.807, 2.05) is 6.33 Å². The summed E-state index contributed by atoms with van der Waals surface area (Å²) in [7, 11) is 0. The van der Waals surface area contributed by atoms with Crippen molar-refractivity contribution >= 4 is 27.3 Å². The number of halogens is 1. The summed E-state index contributed by atoms with van der Waals surface area (Å²) >= 11 is 5.25. The van der Waals surface area contributed by atoms with Crippen LogP contribution in [0.25, 0.3) is 0 Å². The summed E-state index contributed by atoms with van der Waals surface area (Å²) in [6, 6.07) is 2.16. The van der Waals surface area contributed by atoms with E-state index in [9.17, 15) is 0 Å². The molecule has 0 unspecified atom stereocenters. The topological polar surface area (TPSA) is 29.9 Å². The fraction of sp³-hybridized carbons (Fsp3) is 0.462. The van der Waals surface area contributed by atoms with Crippen LogP contribution in [0.15, 0.2) is 28.4 Å². The van der Waals surface area contributed by atoms with Crippen molar-refractivity contribution in [2.45, 2.75) is 26.3 Å². The Hall–Kier alpha value is -0.650. The van der Waals surface area contributed by atoms with Crippen LogP contribution in [-0.2, 0) is 13.0 Å². The third kappa shape index (κ3) is 4.23.